The third-order valence-electron chi connectivity index (χ3n) is 4.65. The van der Waals surface area contributed by atoms with Gasteiger partial charge in [-0.15, -0.1) is 0 Å². The van der Waals surface area contributed by atoms with Crippen molar-refractivity contribution in [3.05, 3.63) is 53.6 Å². The van der Waals surface area contributed by atoms with Crippen molar-refractivity contribution in [3.8, 4) is 0 Å². The lowest BCUT2D eigenvalue weighted by Crippen LogP contribution is -2.39. The van der Waals surface area contributed by atoms with Crippen LogP contribution in [0, 0.1) is 0 Å². The molecular weight excluding hydrogens is 382 g/mol. The fourth-order valence-electron chi connectivity index (χ4n) is 3.15. The summed E-state index contributed by atoms with van der Waals surface area (Å²) < 4.78 is 26.0. The van der Waals surface area contributed by atoms with Crippen molar-refractivity contribution in [2.75, 3.05) is 24.3 Å². The highest BCUT2D eigenvalue weighted by Crippen LogP contribution is 2.35. The van der Waals surface area contributed by atoms with Crippen LogP contribution in [0.2, 0.25) is 0 Å². The maximum Gasteiger partial charge on any atom is 0.335 e. The molecule has 28 heavy (non-hydrogen) atoms. The molecule has 2 aromatic carbocycles. The van der Waals surface area contributed by atoms with Gasteiger partial charge in [0.1, 0.15) is 0 Å². The zero-order valence-corrected chi connectivity index (χ0v) is 16.5. The second kappa shape index (κ2) is 7.25. The number of nitrogens with one attached hydrogen (secondary N) is 1. The number of amides is 2. The van der Waals surface area contributed by atoms with Crippen LogP contribution in [0.4, 0.5) is 16.2 Å². The molecule has 0 aromatic heterocycles. The Labute approximate surface area is 163 Å². The van der Waals surface area contributed by atoms with Crippen LogP contribution in [0.1, 0.15) is 22.8 Å². The molecule has 1 aliphatic heterocycles. The van der Waals surface area contributed by atoms with Gasteiger partial charge >= 0.3 is 12.0 Å². The number of anilines is 2. The lowest BCUT2D eigenvalue weighted by molar-refractivity contribution is 0.0697. The van der Waals surface area contributed by atoms with Crippen molar-refractivity contribution in [3.63, 3.8) is 0 Å². The zero-order chi connectivity index (χ0) is 20.6. The summed E-state index contributed by atoms with van der Waals surface area (Å²) in [6.45, 7) is 1.88. The Morgan fingerprint density at radius 3 is 2.36 bits per heavy atom. The Kier molecular flexibility index (Phi) is 5.14. The number of rotatable bonds is 4. The number of carboxylic acids is 1. The van der Waals surface area contributed by atoms with Gasteiger partial charge in [0, 0.05) is 25.8 Å². The molecule has 1 unspecified atom stereocenters. The first-order valence-electron chi connectivity index (χ1n) is 8.60. The number of aromatic carboxylic acids is 1. The van der Waals surface area contributed by atoms with Crippen LogP contribution >= 0.6 is 0 Å². The number of carbonyl (C=O) groups excluding carboxylic acids is 1. The van der Waals surface area contributed by atoms with E-state index in [1.165, 1.54) is 49.3 Å². The maximum absolute atomic E-state index is 12.8. The third kappa shape index (κ3) is 3.58. The standard InChI is InChI=1S/C19H21N3O5S/c1-12-10-14-6-9-16(28(26,27)21(2)3)11-17(14)22(12)19(25)20-15-7-4-13(5-8-15)18(23)24/h4-9,11-12H,10H2,1-3H3,(H,20,25)(H,23,24). The van der Waals surface area contributed by atoms with E-state index in [-0.39, 0.29) is 16.5 Å². The van der Waals surface area contributed by atoms with Crippen LogP contribution in [-0.4, -0.2) is 50.0 Å². The monoisotopic (exact) mass is 403 g/mol. The normalized spacial score (nSPS) is 16.1. The van der Waals surface area contributed by atoms with Crippen LogP contribution in [0.25, 0.3) is 0 Å². The first-order chi connectivity index (χ1) is 13.1. The van der Waals surface area contributed by atoms with Crippen LogP contribution in [0.5, 0.6) is 0 Å². The van der Waals surface area contributed by atoms with E-state index in [2.05, 4.69) is 5.32 Å². The Balaban J connectivity index is 1.89. The van der Waals surface area contributed by atoms with Crippen molar-refractivity contribution < 1.29 is 23.1 Å². The minimum atomic E-state index is -3.62. The number of hydrogen-bond donors (Lipinski definition) is 2. The minimum absolute atomic E-state index is 0.119. The molecular formula is C19H21N3O5S. The second-order valence-corrected chi connectivity index (χ2v) is 8.97. The fraction of sp³-hybridized carbons (Fsp3) is 0.263. The summed E-state index contributed by atoms with van der Waals surface area (Å²) in [7, 11) is -0.708. The number of nitrogens with zero attached hydrogens (tertiary/aromatic N) is 2. The molecule has 2 N–H and O–H groups in total. The number of sulfonamides is 1. The van der Waals surface area contributed by atoms with Crippen LogP contribution in [0.15, 0.2) is 47.4 Å². The molecule has 0 spiro atoms. The van der Waals surface area contributed by atoms with Crippen molar-refractivity contribution in [2.45, 2.75) is 24.3 Å². The van der Waals surface area contributed by atoms with Crippen LogP contribution in [-0.2, 0) is 16.4 Å². The highest BCUT2D eigenvalue weighted by molar-refractivity contribution is 7.89. The van der Waals surface area contributed by atoms with E-state index < -0.39 is 22.0 Å². The zero-order valence-electron chi connectivity index (χ0n) is 15.7. The molecule has 1 aliphatic rings. The minimum Gasteiger partial charge on any atom is -0.478 e. The van der Waals surface area contributed by atoms with E-state index in [0.717, 1.165) is 9.87 Å². The van der Waals surface area contributed by atoms with Gasteiger partial charge in [-0.25, -0.2) is 22.3 Å². The van der Waals surface area contributed by atoms with Gasteiger partial charge in [-0.05, 0) is 55.3 Å². The fourth-order valence-corrected chi connectivity index (χ4v) is 4.07. The number of carboxylic acid groups (broad SMARTS) is 1. The number of benzene rings is 2. The molecule has 0 bridgehead atoms. The third-order valence-corrected chi connectivity index (χ3v) is 6.46. The molecule has 3 rings (SSSR count). The Morgan fingerprint density at radius 2 is 1.79 bits per heavy atom. The van der Waals surface area contributed by atoms with Crippen molar-refractivity contribution in [1.29, 1.82) is 0 Å². The summed E-state index contributed by atoms with van der Waals surface area (Å²) in [5.74, 6) is -1.05. The average molecular weight is 403 g/mol. The van der Waals surface area contributed by atoms with Gasteiger partial charge in [-0.3, -0.25) is 4.90 Å². The van der Waals surface area contributed by atoms with Gasteiger partial charge in [0.25, 0.3) is 0 Å². The molecule has 148 valence electrons. The SMILES string of the molecule is CC1Cc2ccc(S(=O)(=O)N(C)C)cc2N1C(=O)Nc1ccc(C(=O)O)cc1. The second-order valence-electron chi connectivity index (χ2n) is 6.81. The number of urea groups is 1. The summed E-state index contributed by atoms with van der Waals surface area (Å²) in [5, 5.41) is 11.7. The van der Waals surface area contributed by atoms with Crippen molar-refractivity contribution in [2.24, 2.45) is 0 Å². The Bertz CT molecular complexity index is 1030. The van der Waals surface area contributed by atoms with E-state index in [0.29, 0.717) is 17.8 Å². The van der Waals surface area contributed by atoms with E-state index >= 15 is 0 Å². The number of hydrogen-bond acceptors (Lipinski definition) is 4. The summed E-state index contributed by atoms with van der Waals surface area (Å²) in [5.41, 5.74) is 2.01. The van der Waals surface area contributed by atoms with Gasteiger partial charge in [-0.2, -0.15) is 0 Å². The molecule has 1 heterocycles. The van der Waals surface area contributed by atoms with Gasteiger partial charge < -0.3 is 10.4 Å². The summed E-state index contributed by atoms with van der Waals surface area (Å²) in [4.78, 5) is 25.4. The van der Waals surface area contributed by atoms with E-state index in [9.17, 15) is 18.0 Å². The molecule has 0 aliphatic carbocycles. The van der Waals surface area contributed by atoms with Crippen LogP contribution < -0.4 is 10.2 Å². The summed E-state index contributed by atoms with van der Waals surface area (Å²) in [6.07, 6.45) is 0.614. The van der Waals surface area contributed by atoms with E-state index in [1.807, 2.05) is 6.92 Å². The molecule has 0 fully saturated rings. The number of fused-ring (bicyclic) bond motifs is 1. The first kappa shape index (κ1) is 19.8. The summed E-state index contributed by atoms with van der Waals surface area (Å²) >= 11 is 0. The molecule has 2 aromatic rings. The predicted molar refractivity (Wildman–Crippen MR) is 105 cm³/mol. The maximum atomic E-state index is 12.8. The molecule has 0 saturated carbocycles. The first-order valence-corrected chi connectivity index (χ1v) is 10.0. The molecule has 1 atom stereocenters. The highest BCUT2D eigenvalue weighted by atomic mass is 32.2. The van der Waals surface area contributed by atoms with Gasteiger partial charge in [0.05, 0.1) is 16.1 Å². The molecule has 2 amide bonds. The molecule has 8 nitrogen and oxygen atoms in total. The predicted octanol–water partition coefficient (Wildman–Crippen LogP) is 2.62. The Morgan fingerprint density at radius 1 is 1.14 bits per heavy atom. The molecule has 9 heteroatoms. The largest absolute Gasteiger partial charge is 0.478 e. The Hall–Kier alpha value is -2.91. The molecule has 0 saturated heterocycles. The number of carbonyl (C=O) groups is 2. The summed E-state index contributed by atoms with van der Waals surface area (Å²) in [6, 6.07) is 10.1. The van der Waals surface area contributed by atoms with Crippen molar-refractivity contribution in [1.82, 2.24) is 4.31 Å². The van der Waals surface area contributed by atoms with E-state index in [4.69, 9.17) is 5.11 Å². The van der Waals surface area contributed by atoms with Crippen molar-refractivity contribution >= 4 is 33.4 Å². The lowest BCUT2D eigenvalue weighted by Gasteiger charge is -2.23. The van der Waals surface area contributed by atoms with E-state index in [1.54, 1.807) is 12.1 Å². The lowest BCUT2D eigenvalue weighted by atomic mass is 10.1. The van der Waals surface area contributed by atoms with Gasteiger partial charge in [0.2, 0.25) is 10.0 Å². The smallest absolute Gasteiger partial charge is 0.335 e. The topological polar surface area (TPSA) is 107 Å². The highest BCUT2D eigenvalue weighted by Gasteiger charge is 2.32. The van der Waals surface area contributed by atoms with Gasteiger partial charge in [-0.1, -0.05) is 6.07 Å². The van der Waals surface area contributed by atoms with Gasteiger partial charge in [0.15, 0.2) is 0 Å². The van der Waals surface area contributed by atoms with Crippen LogP contribution in [0.3, 0.4) is 0 Å². The molecule has 0 radical (unpaired) electrons. The quantitative estimate of drug-likeness (QED) is 0.816. The average Bonchev–Trinajstić information content (AvgIpc) is 2.96.